The molecule has 0 amide bonds. The maximum atomic E-state index is 12.1. The lowest BCUT2D eigenvalue weighted by molar-refractivity contribution is 0.583. The number of nitrogens with two attached hydrogens (primary N) is 1. The lowest BCUT2D eigenvalue weighted by Crippen LogP contribution is -2.22. The van der Waals surface area contributed by atoms with E-state index in [0.717, 1.165) is 16.0 Å². The fourth-order valence-corrected chi connectivity index (χ4v) is 3.95. The van der Waals surface area contributed by atoms with Gasteiger partial charge in [-0.2, -0.15) is 0 Å². The smallest absolute Gasteiger partial charge is 0.250 e. The van der Waals surface area contributed by atoms with E-state index in [1.165, 1.54) is 11.3 Å². The molecule has 102 valence electrons. The molecule has 1 aromatic carbocycles. The third-order valence-electron chi connectivity index (χ3n) is 2.82. The molecule has 3 N–H and O–H groups in total. The van der Waals surface area contributed by atoms with Crippen LogP contribution in [-0.2, 0) is 23.1 Å². The number of thiophene rings is 1. The van der Waals surface area contributed by atoms with Crippen molar-refractivity contribution in [1.29, 1.82) is 0 Å². The Labute approximate surface area is 117 Å². The first-order chi connectivity index (χ1) is 9.03. The zero-order valence-electron chi connectivity index (χ0n) is 10.6. The van der Waals surface area contributed by atoms with E-state index in [1.807, 2.05) is 31.2 Å². The Morgan fingerprint density at radius 1 is 1.21 bits per heavy atom. The number of hydrogen-bond acceptors (Lipinski definition) is 4. The molecule has 0 fully saturated rings. The molecule has 1 heterocycles. The van der Waals surface area contributed by atoms with E-state index >= 15 is 0 Å². The zero-order chi connectivity index (χ0) is 13.9. The quantitative estimate of drug-likeness (QED) is 0.886. The largest absolute Gasteiger partial charge is 0.326 e. The fourth-order valence-electron chi connectivity index (χ4n) is 1.66. The number of hydrogen-bond donors (Lipinski definition) is 2. The highest BCUT2D eigenvalue weighted by atomic mass is 32.2. The van der Waals surface area contributed by atoms with Gasteiger partial charge in [0.1, 0.15) is 4.21 Å². The van der Waals surface area contributed by atoms with Crippen molar-refractivity contribution < 1.29 is 8.42 Å². The second-order valence-corrected chi connectivity index (χ2v) is 7.34. The molecule has 0 atom stereocenters. The molecule has 0 bridgehead atoms. The summed E-state index contributed by atoms with van der Waals surface area (Å²) in [5.41, 5.74) is 7.53. The van der Waals surface area contributed by atoms with Crippen molar-refractivity contribution in [3.8, 4) is 0 Å². The molecule has 2 aromatic rings. The Bertz CT molecular complexity index is 663. The highest BCUT2D eigenvalue weighted by Gasteiger charge is 2.16. The predicted octanol–water partition coefficient (Wildman–Crippen LogP) is 1.99. The predicted molar refractivity (Wildman–Crippen MR) is 77.4 cm³/mol. The van der Waals surface area contributed by atoms with E-state index < -0.39 is 10.0 Å². The highest BCUT2D eigenvalue weighted by Crippen LogP contribution is 2.21. The third kappa shape index (κ3) is 3.42. The lowest BCUT2D eigenvalue weighted by atomic mass is 10.1. The Morgan fingerprint density at radius 2 is 1.95 bits per heavy atom. The van der Waals surface area contributed by atoms with Crippen LogP contribution in [0.1, 0.15) is 16.0 Å². The fraction of sp³-hybridized carbons (Fsp3) is 0.231. The van der Waals surface area contributed by atoms with E-state index in [9.17, 15) is 8.42 Å². The van der Waals surface area contributed by atoms with Gasteiger partial charge in [-0.25, -0.2) is 13.1 Å². The Morgan fingerprint density at radius 3 is 2.58 bits per heavy atom. The van der Waals surface area contributed by atoms with Crippen LogP contribution in [0.4, 0.5) is 0 Å². The van der Waals surface area contributed by atoms with Crippen LogP contribution in [0.2, 0.25) is 0 Å². The zero-order valence-corrected chi connectivity index (χ0v) is 12.2. The SMILES string of the molecule is Cc1ccccc1CNS(=O)(=O)c1ccc(CN)s1. The van der Waals surface area contributed by atoms with Crippen LogP contribution in [0.3, 0.4) is 0 Å². The molecule has 1 aromatic heterocycles. The van der Waals surface area contributed by atoms with Crippen molar-refractivity contribution >= 4 is 21.4 Å². The molecule has 2 rings (SSSR count). The van der Waals surface area contributed by atoms with Crippen LogP contribution in [0, 0.1) is 6.92 Å². The van der Waals surface area contributed by atoms with Crippen molar-refractivity contribution in [2.75, 3.05) is 0 Å². The molecule has 19 heavy (non-hydrogen) atoms. The minimum Gasteiger partial charge on any atom is -0.326 e. The summed E-state index contributed by atoms with van der Waals surface area (Å²) in [6, 6.07) is 11.0. The van der Waals surface area contributed by atoms with Crippen molar-refractivity contribution in [1.82, 2.24) is 4.72 Å². The maximum absolute atomic E-state index is 12.1. The van der Waals surface area contributed by atoms with Gasteiger partial charge in [-0.05, 0) is 30.2 Å². The molecule has 0 spiro atoms. The second kappa shape index (κ2) is 5.83. The van der Waals surface area contributed by atoms with Crippen molar-refractivity contribution in [2.45, 2.75) is 24.2 Å². The number of rotatable bonds is 5. The number of sulfonamides is 1. The molecule has 0 saturated heterocycles. The van der Waals surface area contributed by atoms with E-state index in [1.54, 1.807) is 12.1 Å². The molecule has 0 radical (unpaired) electrons. The summed E-state index contributed by atoms with van der Waals surface area (Å²) in [6.45, 7) is 2.62. The summed E-state index contributed by atoms with van der Waals surface area (Å²) in [5.74, 6) is 0. The van der Waals surface area contributed by atoms with Gasteiger partial charge < -0.3 is 5.73 Å². The topological polar surface area (TPSA) is 72.2 Å². The molecule has 0 aliphatic heterocycles. The van der Waals surface area contributed by atoms with Gasteiger partial charge in [0.15, 0.2) is 0 Å². The summed E-state index contributed by atoms with van der Waals surface area (Å²) in [4.78, 5) is 0.858. The van der Waals surface area contributed by atoms with Crippen LogP contribution in [-0.4, -0.2) is 8.42 Å². The maximum Gasteiger partial charge on any atom is 0.250 e. The number of benzene rings is 1. The van der Waals surface area contributed by atoms with Gasteiger partial charge in [0.2, 0.25) is 10.0 Å². The first-order valence-electron chi connectivity index (χ1n) is 5.86. The summed E-state index contributed by atoms with van der Waals surface area (Å²) < 4.78 is 27.1. The van der Waals surface area contributed by atoms with Crippen LogP contribution in [0.5, 0.6) is 0 Å². The van der Waals surface area contributed by atoms with Gasteiger partial charge in [-0.3, -0.25) is 0 Å². The van der Waals surface area contributed by atoms with Crippen LogP contribution in [0.15, 0.2) is 40.6 Å². The molecule has 0 unspecified atom stereocenters. The molecular formula is C13H16N2O2S2. The summed E-state index contributed by atoms with van der Waals surface area (Å²) >= 11 is 1.20. The van der Waals surface area contributed by atoms with Crippen molar-refractivity contribution in [2.24, 2.45) is 5.73 Å². The Hall–Kier alpha value is -1.21. The average molecular weight is 296 g/mol. The first-order valence-corrected chi connectivity index (χ1v) is 8.16. The van der Waals surface area contributed by atoms with E-state index in [4.69, 9.17) is 5.73 Å². The summed E-state index contributed by atoms with van der Waals surface area (Å²) in [7, 11) is -3.45. The number of nitrogens with one attached hydrogen (secondary N) is 1. The first kappa shape index (κ1) is 14.2. The molecule has 0 aliphatic carbocycles. The summed E-state index contributed by atoms with van der Waals surface area (Å²) in [5, 5.41) is 0. The van der Waals surface area contributed by atoms with E-state index in [0.29, 0.717) is 17.3 Å². The van der Waals surface area contributed by atoms with E-state index in [-0.39, 0.29) is 0 Å². The molecular weight excluding hydrogens is 280 g/mol. The standard InChI is InChI=1S/C13H16N2O2S2/c1-10-4-2-3-5-11(10)9-15-19(16,17)13-7-6-12(8-14)18-13/h2-7,15H,8-9,14H2,1H3. The van der Waals surface area contributed by atoms with Crippen LogP contribution < -0.4 is 10.5 Å². The van der Waals surface area contributed by atoms with E-state index in [2.05, 4.69) is 4.72 Å². The van der Waals surface area contributed by atoms with Crippen molar-refractivity contribution in [3.05, 3.63) is 52.4 Å². The summed E-state index contributed by atoms with van der Waals surface area (Å²) in [6.07, 6.45) is 0. The molecule has 6 heteroatoms. The van der Waals surface area contributed by atoms with Crippen molar-refractivity contribution in [3.63, 3.8) is 0 Å². The molecule has 4 nitrogen and oxygen atoms in total. The molecule has 0 aliphatic rings. The normalized spacial score (nSPS) is 11.7. The van der Waals surface area contributed by atoms with Gasteiger partial charge in [-0.1, -0.05) is 24.3 Å². The van der Waals surface area contributed by atoms with Gasteiger partial charge in [0.05, 0.1) is 0 Å². The minimum absolute atomic E-state index is 0.296. The van der Waals surface area contributed by atoms with Gasteiger partial charge in [0.25, 0.3) is 0 Å². The number of aryl methyl sites for hydroxylation is 1. The van der Waals surface area contributed by atoms with Gasteiger partial charge in [-0.15, -0.1) is 11.3 Å². The molecule has 0 saturated carbocycles. The highest BCUT2D eigenvalue weighted by molar-refractivity contribution is 7.91. The minimum atomic E-state index is -3.45. The van der Waals surface area contributed by atoms with Crippen LogP contribution >= 0.6 is 11.3 Å². The van der Waals surface area contributed by atoms with Crippen LogP contribution in [0.25, 0.3) is 0 Å². The average Bonchev–Trinajstić information content (AvgIpc) is 2.87. The third-order valence-corrected chi connectivity index (χ3v) is 5.82. The van der Waals surface area contributed by atoms with Gasteiger partial charge in [0, 0.05) is 18.0 Å². The monoisotopic (exact) mass is 296 g/mol. The van der Waals surface area contributed by atoms with Gasteiger partial charge >= 0.3 is 0 Å². The Kier molecular flexibility index (Phi) is 4.36. The lowest BCUT2D eigenvalue weighted by Gasteiger charge is -2.07. The Balaban J connectivity index is 2.12. The second-order valence-electron chi connectivity index (χ2n) is 4.18.